The third-order valence-electron chi connectivity index (χ3n) is 3.30. The van der Waals surface area contributed by atoms with Crippen molar-refractivity contribution in [3.8, 4) is 0 Å². The Labute approximate surface area is 81.7 Å². The Morgan fingerprint density at radius 1 is 1.31 bits per heavy atom. The van der Waals surface area contributed by atoms with Crippen LogP contribution in [0.4, 0.5) is 0 Å². The number of rotatable bonds is 3. The van der Waals surface area contributed by atoms with Crippen molar-refractivity contribution in [1.29, 1.82) is 0 Å². The van der Waals surface area contributed by atoms with Gasteiger partial charge in [0.05, 0.1) is 6.61 Å². The molecule has 2 N–H and O–H groups in total. The van der Waals surface area contributed by atoms with Gasteiger partial charge in [0, 0.05) is 12.1 Å². The van der Waals surface area contributed by atoms with Gasteiger partial charge in [-0.25, -0.2) is 0 Å². The van der Waals surface area contributed by atoms with E-state index in [-0.39, 0.29) is 12.6 Å². The fraction of sp³-hybridized carbons (Fsp3) is 1.00. The van der Waals surface area contributed by atoms with Gasteiger partial charge in [-0.15, -0.1) is 0 Å². The Kier molecular flexibility index (Phi) is 4.20. The summed E-state index contributed by atoms with van der Waals surface area (Å²) in [6, 6.07) is 0.851. The van der Waals surface area contributed by atoms with Crippen LogP contribution in [0.25, 0.3) is 0 Å². The first kappa shape index (κ1) is 11.0. The SMILES string of the molecule is C[C@@H](CO)NC1[C@@H](C)CCC[C@@H]1C. The van der Waals surface area contributed by atoms with Crippen LogP contribution in [0.3, 0.4) is 0 Å². The molecule has 0 radical (unpaired) electrons. The van der Waals surface area contributed by atoms with E-state index in [9.17, 15) is 0 Å². The topological polar surface area (TPSA) is 32.3 Å². The molecule has 0 bridgehead atoms. The van der Waals surface area contributed by atoms with Crippen LogP contribution in [0.5, 0.6) is 0 Å². The maximum Gasteiger partial charge on any atom is 0.0582 e. The summed E-state index contributed by atoms with van der Waals surface area (Å²) < 4.78 is 0. The molecule has 0 unspecified atom stereocenters. The molecule has 1 rings (SSSR count). The molecule has 1 fully saturated rings. The average molecular weight is 185 g/mol. The predicted molar refractivity (Wildman–Crippen MR) is 55.7 cm³/mol. The van der Waals surface area contributed by atoms with Crippen molar-refractivity contribution in [3.05, 3.63) is 0 Å². The zero-order valence-corrected chi connectivity index (χ0v) is 9.09. The van der Waals surface area contributed by atoms with E-state index in [1.165, 1.54) is 19.3 Å². The summed E-state index contributed by atoms with van der Waals surface area (Å²) in [5, 5.41) is 12.5. The Morgan fingerprint density at radius 2 is 1.85 bits per heavy atom. The summed E-state index contributed by atoms with van der Waals surface area (Å²) in [4.78, 5) is 0. The third-order valence-corrected chi connectivity index (χ3v) is 3.30. The Balaban J connectivity index is 2.43. The van der Waals surface area contributed by atoms with Gasteiger partial charge in [-0.3, -0.25) is 0 Å². The van der Waals surface area contributed by atoms with Crippen LogP contribution in [0, 0.1) is 11.8 Å². The van der Waals surface area contributed by atoms with Crippen LogP contribution < -0.4 is 5.32 Å². The third kappa shape index (κ3) is 2.96. The molecule has 0 saturated heterocycles. The van der Waals surface area contributed by atoms with Gasteiger partial charge in [0.1, 0.15) is 0 Å². The number of hydrogen-bond donors (Lipinski definition) is 2. The highest BCUT2D eigenvalue weighted by Crippen LogP contribution is 2.28. The summed E-state index contributed by atoms with van der Waals surface area (Å²) in [6.45, 7) is 6.93. The second kappa shape index (κ2) is 4.97. The molecule has 0 aromatic heterocycles. The standard InChI is InChI=1S/C11H23NO/c1-8-5-4-6-9(2)11(8)12-10(3)7-13/h8-13H,4-7H2,1-3H3/t8-,9-,10-/m0/s1. The van der Waals surface area contributed by atoms with Crippen LogP contribution in [0.1, 0.15) is 40.0 Å². The fourth-order valence-corrected chi connectivity index (χ4v) is 2.39. The molecule has 2 nitrogen and oxygen atoms in total. The summed E-state index contributed by atoms with van der Waals surface area (Å²) in [5.74, 6) is 1.52. The molecule has 13 heavy (non-hydrogen) atoms. The molecular weight excluding hydrogens is 162 g/mol. The van der Waals surface area contributed by atoms with Gasteiger partial charge in [-0.05, 0) is 31.6 Å². The molecule has 1 aliphatic carbocycles. The van der Waals surface area contributed by atoms with Crippen molar-refractivity contribution >= 4 is 0 Å². The molecule has 78 valence electrons. The van der Waals surface area contributed by atoms with Crippen molar-refractivity contribution in [1.82, 2.24) is 5.32 Å². The maximum absolute atomic E-state index is 8.98. The summed E-state index contributed by atoms with van der Waals surface area (Å²) in [6.07, 6.45) is 4.04. The largest absolute Gasteiger partial charge is 0.395 e. The van der Waals surface area contributed by atoms with Gasteiger partial charge in [0.15, 0.2) is 0 Å². The molecule has 0 heterocycles. The second-order valence-corrected chi connectivity index (χ2v) is 4.66. The zero-order chi connectivity index (χ0) is 9.84. The van der Waals surface area contributed by atoms with Crippen LogP contribution in [0.15, 0.2) is 0 Å². The lowest BCUT2D eigenvalue weighted by atomic mass is 9.78. The van der Waals surface area contributed by atoms with E-state index in [1.807, 2.05) is 6.92 Å². The quantitative estimate of drug-likeness (QED) is 0.702. The number of hydrogen-bond acceptors (Lipinski definition) is 2. The Hall–Kier alpha value is -0.0800. The van der Waals surface area contributed by atoms with Gasteiger partial charge in [0.2, 0.25) is 0 Å². The van der Waals surface area contributed by atoms with Crippen LogP contribution >= 0.6 is 0 Å². The minimum atomic E-state index is 0.244. The Bertz CT molecular complexity index is 139. The molecule has 1 saturated carbocycles. The van der Waals surface area contributed by atoms with Gasteiger partial charge >= 0.3 is 0 Å². The molecule has 0 aromatic rings. The lowest BCUT2D eigenvalue weighted by Crippen LogP contribution is -2.47. The fourth-order valence-electron chi connectivity index (χ4n) is 2.39. The number of nitrogens with one attached hydrogen (secondary N) is 1. The first-order chi connectivity index (χ1) is 6.15. The summed E-state index contributed by atoms with van der Waals surface area (Å²) in [5.41, 5.74) is 0. The molecule has 0 amide bonds. The average Bonchev–Trinajstić information content (AvgIpc) is 2.11. The van der Waals surface area contributed by atoms with Crippen LogP contribution in [0.2, 0.25) is 0 Å². The van der Waals surface area contributed by atoms with E-state index in [2.05, 4.69) is 19.2 Å². The monoisotopic (exact) mass is 185 g/mol. The van der Waals surface area contributed by atoms with Gasteiger partial charge in [-0.2, -0.15) is 0 Å². The zero-order valence-electron chi connectivity index (χ0n) is 9.09. The summed E-state index contributed by atoms with van der Waals surface area (Å²) >= 11 is 0. The van der Waals surface area contributed by atoms with Crippen molar-refractivity contribution in [2.75, 3.05) is 6.61 Å². The van der Waals surface area contributed by atoms with Crippen molar-refractivity contribution in [2.24, 2.45) is 11.8 Å². The highest BCUT2D eigenvalue weighted by Gasteiger charge is 2.27. The second-order valence-electron chi connectivity index (χ2n) is 4.66. The van der Waals surface area contributed by atoms with E-state index >= 15 is 0 Å². The van der Waals surface area contributed by atoms with Gasteiger partial charge in [-0.1, -0.05) is 20.3 Å². The van der Waals surface area contributed by atoms with E-state index in [1.54, 1.807) is 0 Å². The first-order valence-electron chi connectivity index (χ1n) is 5.52. The molecule has 2 heteroatoms. The molecular formula is C11H23NO. The minimum Gasteiger partial charge on any atom is -0.395 e. The normalized spacial score (nSPS) is 33.2. The summed E-state index contributed by atoms with van der Waals surface area (Å²) in [7, 11) is 0. The molecule has 0 spiro atoms. The van der Waals surface area contributed by atoms with Crippen LogP contribution in [-0.2, 0) is 0 Å². The molecule has 0 aliphatic heterocycles. The van der Waals surface area contributed by atoms with Crippen molar-refractivity contribution in [2.45, 2.75) is 52.1 Å². The minimum absolute atomic E-state index is 0.244. The molecule has 1 aliphatic rings. The van der Waals surface area contributed by atoms with E-state index < -0.39 is 0 Å². The number of aliphatic hydroxyl groups excluding tert-OH is 1. The lowest BCUT2D eigenvalue weighted by Gasteiger charge is -2.37. The highest BCUT2D eigenvalue weighted by molar-refractivity contribution is 4.84. The van der Waals surface area contributed by atoms with E-state index in [4.69, 9.17) is 5.11 Å². The van der Waals surface area contributed by atoms with Crippen LogP contribution in [-0.4, -0.2) is 23.8 Å². The van der Waals surface area contributed by atoms with Crippen molar-refractivity contribution < 1.29 is 5.11 Å². The number of aliphatic hydroxyl groups is 1. The maximum atomic E-state index is 8.98. The van der Waals surface area contributed by atoms with E-state index in [0.717, 1.165) is 11.8 Å². The van der Waals surface area contributed by atoms with Gasteiger partial charge in [0.25, 0.3) is 0 Å². The highest BCUT2D eigenvalue weighted by atomic mass is 16.3. The lowest BCUT2D eigenvalue weighted by molar-refractivity contribution is 0.166. The Morgan fingerprint density at radius 3 is 2.31 bits per heavy atom. The molecule has 0 aromatic carbocycles. The van der Waals surface area contributed by atoms with Crippen molar-refractivity contribution in [3.63, 3.8) is 0 Å². The first-order valence-corrected chi connectivity index (χ1v) is 5.52. The smallest absolute Gasteiger partial charge is 0.0582 e. The molecule has 3 atom stereocenters. The predicted octanol–water partition coefficient (Wildman–Crippen LogP) is 1.78. The van der Waals surface area contributed by atoms with E-state index in [0.29, 0.717) is 6.04 Å². The van der Waals surface area contributed by atoms with Gasteiger partial charge < -0.3 is 10.4 Å².